The average molecular weight is 366 g/mol. The van der Waals surface area contributed by atoms with Gasteiger partial charge in [0.05, 0.1) is 0 Å². The van der Waals surface area contributed by atoms with Crippen LogP contribution in [0, 0.1) is 6.92 Å². The van der Waals surface area contributed by atoms with Crippen molar-refractivity contribution in [1.29, 1.82) is 0 Å². The largest absolute Gasteiger partial charge is 0.399 e. The summed E-state index contributed by atoms with van der Waals surface area (Å²) in [4.78, 5) is 3.92. The molecule has 0 amide bonds. The van der Waals surface area contributed by atoms with Crippen LogP contribution >= 0.6 is 11.5 Å². The molecule has 0 saturated carbocycles. The van der Waals surface area contributed by atoms with Crippen molar-refractivity contribution in [3.05, 3.63) is 24.0 Å². The molecule has 124 valence electrons. The van der Waals surface area contributed by atoms with E-state index in [1.165, 1.54) is 12.1 Å². The van der Waals surface area contributed by atoms with Crippen molar-refractivity contribution in [2.45, 2.75) is 12.7 Å². The number of hydrogen-bond acceptors (Lipinski definition) is 9. The third-order valence-corrected chi connectivity index (χ3v) is 4.07. The molecule has 0 saturated heterocycles. The maximum Gasteiger partial charge on any atom is 0.345 e. The van der Waals surface area contributed by atoms with Crippen LogP contribution in [0.3, 0.4) is 0 Å². The molecule has 1 atom stereocenters. The van der Waals surface area contributed by atoms with Gasteiger partial charge in [0.2, 0.25) is 5.13 Å². The second kappa shape index (κ2) is 6.97. The van der Waals surface area contributed by atoms with Gasteiger partial charge in [-0.1, -0.05) is 4.39 Å². The summed E-state index contributed by atoms with van der Waals surface area (Å²) in [6.07, 6.45) is 0. The molecule has 0 fully saturated rings. The van der Waals surface area contributed by atoms with E-state index < -0.39 is 15.8 Å². The monoisotopic (exact) mass is 366 g/mol. The zero-order chi connectivity index (χ0) is 17.0. The summed E-state index contributed by atoms with van der Waals surface area (Å²) < 4.78 is 58.8. The van der Waals surface area contributed by atoms with Crippen molar-refractivity contribution < 1.29 is 21.9 Å². The Morgan fingerprint density at radius 1 is 1.35 bits per heavy atom. The lowest BCUT2D eigenvalue weighted by Crippen LogP contribution is -2.10. The third kappa shape index (κ3) is 4.20. The fourth-order valence-corrected chi connectivity index (χ4v) is 2.43. The van der Waals surface area contributed by atoms with Gasteiger partial charge in [0.15, 0.2) is 0 Å². The highest BCUT2D eigenvalue weighted by atomic mass is 32.2. The van der Waals surface area contributed by atoms with Crippen LogP contribution in [0.2, 0.25) is 0 Å². The molecule has 0 aliphatic carbocycles. The van der Waals surface area contributed by atoms with Gasteiger partial charge in [-0.25, -0.2) is 9.19 Å². The highest BCUT2D eigenvalue weighted by Gasteiger charge is 2.25. The molecular formula is C10H9F3N6O2S2. The summed E-state index contributed by atoms with van der Waals surface area (Å²) in [5.41, 5.74) is 5.19. The van der Waals surface area contributed by atoms with Gasteiger partial charge < -0.3 is 5.73 Å². The molecule has 23 heavy (non-hydrogen) atoms. The number of azo groups is 1. The Hall–Kier alpha value is -2.12. The molecule has 1 unspecified atom stereocenters. The van der Waals surface area contributed by atoms with E-state index in [0.717, 1.165) is 17.6 Å². The molecule has 0 bridgehead atoms. The smallest absolute Gasteiger partial charge is 0.345 e. The number of aromatic nitrogens is 2. The first-order valence-corrected chi connectivity index (χ1v) is 8.07. The van der Waals surface area contributed by atoms with Crippen LogP contribution in [0.15, 0.2) is 32.8 Å². The summed E-state index contributed by atoms with van der Waals surface area (Å²) in [7, 11) is -4.87. The average Bonchev–Trinajstić information content (AvgIpc) is 2.91. The summed E-state index contributed by atoms with van der Waals surface area (Å²) in [5, 5.41) is 7.70. The summed E-state index contributed by atoms with van der Waals surface area (Å²) in [6.45, 7) is 1.65. The first-order valence-electron chi connectivity index (χ1n) is 5.80. The zero-order valence-corrected chi connectivity index (χ0v) is 13.0. The van der Waals surface area contributed by atoms with Gasteiger partial charge in [0.25, 0.3) is 10.0 Å². The number of nitrogens with zero attached hydrogens (tertiary/aromatic N) is 5. The molecule has 2 rings (SSSR count). The van der Waals surface area contributed by atoms with Crippen molar-refractivity contribution in [2.24, 2.45) is 14.6 Å². The normalized spacial score (nSPS) is 14.3. The van der Waals surface area contributed by atoms with Crippen molar-refractivity contribution in [1.82, 2.24) is 9.36 Å². The van der Waals surface area contributed by atoms with E-state index in [-0.39, 0.29) is 22.2 Å². The standard InChI is InChI=1S/C10H9F3N6O2S2/c1-5-15-10(22-18-5)17-16-7-3-2-6(14)4-8(7)19-23(20,21-13)9(11)12/h2-4,9H,14H2,1H3. The molecule has 2 aromatic rings. The minimum Gasteiger partial charge on any atom is -0.399 e. The number of hydrogen-bond donors (Lipinski definition) is 1. The molecule has 1 aromatic carbocycles. The quantitative estimate of drug-likeness (QED) is 0.635. The van der Waals surface area contributed by atoms with Crippen LogP contribution in [-0.4, -0.2) is 19.3 Å². The number of nitrogen functional groups attached to an aromatic ring is 1. The Kier molecular flexibility index (Phi) is 5.23. The molecule has 2 N–H and O–H groups in total. The van der Waals surface area contributed by atoms with Gasteiger partial charge in [-0.05, 0) is 29.6 Å². The Morgan fingerprint density at radius 3 is 2.65 bits per heavy atom. The maximum atomic E-state index is 12.6. The van der Waals surface area contributed by atoms with Gasteiger partial charge in [-0.3, -0.25) is 0 Å². The van der Waals surface area contributed by atoms with E-state index >= 15 is 0 Å². The number of nitrogens with two attached hydrogens (primary N) is 1. The second-order valence-electron chi connectivity index (χ2n) is 4.00. The summed E-state index contributed by atoms with van der Waals surface area (Å²) >= 11 is 0.962. The highest BCUT2D eigenvalue weighted by Crippen LogP contribution is 2.34. The molecule has 0 radical (unpaired) electrons. The summed E-state index contributed by atoms with van der Waals surface area (Å²) in [6, 6.07) is 3.76. The fraction of sp³-hybridized carbons (Fsp3) is 0.200. The predicted octanol–water partition coefficient (Wildman–Crippen LogP) is 3.98. The van der Waals surface area contributed by atoms with E-state index in [1.54, 1.807) is 6.92 Å². The van der Waals surface area contributed by atoms with Crippen LogP contribution in [0.4, 0.5) is 35.5 Å². The lowest BCUT2D eigenvalue weighted by atomic mass is 10.2. The number of halogens is 3. The molecule has 0 aliphatic rings. The van der Waals surface area contributed by atoms with E-state index in [0.29, 0.717) is 5.82 Å². The van der Waals surface area contributed by atoms with Gasteiger partial charge in [-0.2, -0.15) is 17.5 Å². The van der Waals surface area contributed by atoms with Crippen molar-refractivity contribution in [2.75, 3.05) is 5.73 Å². The lowest BCUT2D eigenvalue weighted by Gasteiger charge is -2.05. The van der Waals surface area contributed by atoms with Crippen LogP contribution in [0.5, 0.6) is 0 Å². The van der Waals surface area contributed by atoms with Crippen molar-refractivity contribution >= 4 is 43.7 Å². The van der Waals surface area contributed by atoms with Crippen LogP contribution in [0.1, 0.15) is 5.82 Å². The van der Waals surface area contributed by atoms with Crippen LogP contribution in [-0.2, 0) is 14.4 Å². The van der Waals surface area contributed by atoms with Crippen molar-refractivity contribution in [3.8, 4) is 0 Å². The third-order valence-electron chi connectivity index (χ3n) is 2.30. The lowest BCUT2D eigenvalue weighted by molar-refractivity contribution is -0.000950. The first-order chi connectivity index (χ1) is 10.8. The van der Waals surface area contributed by atoms with Gasteiger partial charge in [0.1, 0.15) is 17.2 Å². The van der Waals surface area contributed by atoms with Crippen LogP contribution in [0.25, 0.3) is 0 Å². The number of rotatable bonds is 5. The molecular weight excluding hydrogens is 357 g/mol. The first kappa shape index (κ1) is 17.2. The van der Waals surface area contributed by atoms with Crippen molar-refractivity contribution in [3.63, 3.8) is 0 Å². The Bertz CT molecular complexity index is 847. The number of benzene rings is 1. The predicted molar refractivity (Wildman–Crippen MR) is 78.1 cm³/mol. The molecule has 1 heterocycles. The molecule has 1 aromatic heterocycles. The highest BCUT2D eigenvalue weighted by molar-refractivity contribution is 7.89. The Morgan fingerprint density at radius 2 is 2.09 bits per heavy atom. The SMILES string of the molecule is Cc1nsc(N=Nc2ccc(N)cc2N=S(=O)(OF)C(F)F)n1. The Balaban J connectivity index is 2.48. The maximum absolute atomic E-state index is 12.6. The molecule has 0 spiro atoms. The van der Waals surface area contributed by atoms with E-state index in [2.05, 4.69) is 28.3 Å². The number of alkyl halides is 2. The minimum atomic E-state index is -4.87. The topological polar surface area (TPSA) is 115 Å². The van der Waals surface area contributed by atoms with E-state index in [9.17, 15) is 17.5 Å². The molecule has 13 heteroatoms. The molecule has 0 aliphatic heterocycles. The van der Waals surface area contributed by atoms with E-state index in [4.69, 9.17) is 5.73 Å². The molecule has 8 nitrogen and oxygen atoms in total. The second-order valence-corrected chi connectivity index (χ2v) is 6.43. The van der Waals surface area contributed by atoms with Crippen LogP contribution < -0.4 is 5.73 Å². The van der Waals surface area contributed by atoms with Gasteiger partial charge in [0, 0.05) is 17.2 Å². The Labute approximate surface area is 132 Å². The van der Waals surface area contributed by atoms with Gasteiger partial charge >= 0.3 is 5.76 Å². The number of anilines is 1. The minimum absolute atomic E-state index is 0.0718. The van der Waals surface area contributed by atoms with E-state index in [1.807, 2.05) is 0 Å². The fourth-order valence-electron chi connectivity index (χ4n) is 1.34. The van der Waals surface area contributed by atoms with Gasteiger partial charge in [-0.15, -0.1) is 10.2 Å². The number of aryl methyl sites for hydroxylation is 1. The zero-order valence-electron chi connectivity index (χ0n) is 11.4. The summed E-state index contributed by atoms with van der Waals surface area (Å²) in [5.74, 6) is -3.18.